The number of aryl methyl sites for hydroxylation is 3. The molecule has 18 heavy (non-hydrogen) atoms. The third-order valence-corrected chi connectivity index (χ3v) is 2.98. The van der Waals surface area contributed by atoms with Crippen LogP contribution in [0.1, 0.15) is 28.2 Å². The summed E-state index contributed by atoms with van der Waals surface area (Å²) < 4.78 is 15.0. The van der Waals surface area contributed by atoms with Crippen LogP contribution < -0.4 is 0 Å². The molecule has 0 saturated carbocycles. The van der Waals surface area contributed by atoms with Gasteiger partial charge in [-0.25, -0.2) is 9.37 Å². The molecule has 1 aromatic carbocycles. The highest BCUT2D eigenvalue weighted by atomic mass is 19.1. The lowest BCUT2D eigenvalue weighted by atomic mass is 10.0. The average Bonchev–Trinajstić information content (AvgIpc) is 2.75. The molecule has 0 radical (unpaired) electrons. The quantitative estimate of drug-likeness (QED) is 0.777. The predicted octanol–water partition coefficient (Wildman–Crippen LogP) is 2.68. The van der Waals surface area contributed by atoms with Gasteiger partial charge in [-0.05, 0) is 30.7 Å². The molecule has 4 heteroatoms. The van der Waals surface area contributed by atoms with Crippen LogP contribution in [-0.2, 0) is 13.5 Å². The molecule has 0 saturated heterocycles. The van der Waals surface area contributed by atoms with E-state index < -0.39 is 0 Å². The van der Waals surface area contributed by atoms with Crippen molar-refractivity contribution in [3.8, 4) is 0 Å². The third-order valence-electron chi connectivity index (χ3n) is 2.98. The minimum absolute atomic E-state index is 0.0149. The van der Waals surface area contributed by atoms with E-state index in [1.807, 2.05) is 17.8 Å². The summed E-state index contributed by atoms with van der Waals surface area (Å²) in [5.41, 5.74) is 1.06. The summed E-state index contributed by atoms with van der Waals surface area (Å²) in [4.78, 5) is 16.1. The van der Waals surface area contributed by atoms with E-state index >= 15 is 0 Å². The average molecular weight is 246 g/mol. The second-order valence-electron chi connectivity index (χ2n) is 4.34. The summed E-state index contributed by atoms with van der Waals surface area (Å²) in [5.74, 6) is 0.610. The normalized spacial score (nSPS) is 10.6. The van der Waals surface area contributed by atoms with Crippen molar-refractivity contribution < 1.29 is 9.18 Å². The summed E-state index contributed by atoms with van der Waals surface area (Å²) in [7, 11) is 1.90. The van der Waals surface area contributed by atoms with E-state index in [1.54, 1.807) is 19.2 Å². The molecule has 0 aliphatic carbocycles. The number of Topliss-reactive ketones (excluding diaryl/α,β-unsaturated/α-hetero) is 1. The van der Waals surface area contributed by atoms with Crippen LogP contribution in [0.4, 0.5) is 4.39 Å². The van der Waals surface area contributed by atoms with Crippen molar-refractivity contribution >= 4 is 5.78 Å². The van der Waals surface area contributed by atoms with Crippen molar-refractivity contribution in [1.82, 2.24) is 9.55 Å². The summed E-state index contributed by atoms with van der Waals surface area (Å²) in [6.07, 6.45) is 4.54. The van der Waals surface area contributed by atoms with Crippen LogP contribution >= 0.6 is 0 Å². The molecule has 0 aliphatic rings. The highest BCUT2D eigenvalue weighted by molar-refractivity contribution is 5.96. The molecule has 3 nitrogen and oxygen atoms in total. The first-order chi connectivity index (χ1) is 8.58. The number of carbonyl (C=O) groups is 1. The van der Waals surface area contributed by atoms with Gasteiger partial charge in [-0.3, -0.25) is 4.79 Å². The van der Waals surface area contributed by atoms with Gasteiger partial charge in [-0.2, -0.15) is 0 Å². The lowest BCUT2D eigenvalue weighted by Gasteiger charge is -2.03. The van der Waals surface area contributed by atoms with Crippen molar-refractivity contribution in [2.45, 2.75) is 19.8 Å². The zero-order valence-corrected chi connectivity index (χ0v) is 10.5. The van der Waals surface area contributed by atoms with Crippen LogP contribution in [0, 0.1) is 12.7 Å². The van der Waals surface area contributed by atoms with Crippen LogP contribution in [0.3, 0.4) is 0 Å². The van der Waals surface area contributed by atoms with Crippen molar-refractivity contribution in [1.29, 1.82) is 0 Å². The van der Waals surface area contributed by atoms with Gasteiger partial charge in [0.1, 0.15) is 11.6 Å². The van der Waals surface area contributed by atoms with Gasteiger partial charge in [-0.15, -0.1) is 0 Å². The fourth-order valence-electron chi connectivity index (χ4n) is 1.83. The Bertz CT molecular complexity index is 575. The van der Waals surface area contributed by atoms with E-state index in [-0.39, 0.29) is 11.6 Å². The summed E-state index contributed by atoms with van der Waals surface area (Å²) in [5, 5.41) is 0. The molecular weight excluding hydrogens is 231 g/mol. The highest BCUT2D eigenvalue weighted by Gasteiger charge is 2.09. The van der Waals surface area contributed by atoms with Crippen molar-refractivity contribution in [3.63, 3.8) is 0 Å². The van der Waals surface area contributed by atoms with E-state index in [2.05, 4.69) is 4.98 Å². The van der Waals surface area contributed by atoms with Gasteiger partial charge in [0.2, 0.25) is 0 Å². The van der Waals surface area contributed by atoms with Crippen LogP contribution in [0.5, 0.6) is 0 Å². The number of hydrogen-bond donors (Lipinski definition) is 0. The maximum atomic E-state index is 13.1. The molecule has 0 spiro atoms. The molecule has 2 aromatic rings. The van der Waals surface area contributed by atoms with E-state index in [0.29, 0.717) is 24.0 Å². The predicted molar refractivity (Wildman–Crippen MR) is 67.0 cm³/mol. The SMILES string of the molecule is Cc1cc(C(=O)CCc2nccn2C)ccc1F. The molecule has 0 unspecified atom stereocenters. The molecule has 2 rings (SSSR count). The maximum absolute atomic E-state index is 13.1. The zero-order valence-electron chi connectivity index (χ0n) is 10.5. The molecular formula is C14H15FN2O. The molecule has 0 bridgehead atoms. The fraction of sp³-hybridized carbons (Fsp3) is 0.286. The number of benzene rings is 1. The number of rotatable bonds is 4. The second kappa shape index (κ2) is 5.12. The molecule has 94 valence electrons. The molecule has 0 atom stereocenters. The van der Waals surface area contributed by atoms with Crippen LogP contribution in [0.2, 0.25) is 0 Å². The fourth-order valence-corrected chi connectivity index (χ4v) is 1.83. The standard InChI is InChI=1S/C14H15FN2O/c1-10-9-11(3-4-12(10)15)13(18)5-6-14-16-7-8-17(14)2/h3-4,7-9H,5-6H2,1-2H3. The molecule has 1 aromatic heterocycles. The lowest BCUT2D eigenvalue weighted by Crippen LogP contribution is -2.05. The largest absolute Gasteiger partial charge is 0.338 e. The maximum Gasteiger partial charge on any atom is 0.163 e. The van der Waals surface area contributed by atoms with E-state index in [1.165, 1.54) is 12.1 Å². The summed E-state index contributed by atoms with van der Waals surface area (Å²) in [6.45, 7) is 1.66. The van der Waals surface area contributed by atoms with E-state index in [9.17, 15) is 9.18 Å². The number of aromatic nitrogens is 2. The van der Waals surface area contributed by atoms with Crippen molar-refractivity contribution in [2.24, 2.45) is 7.05 Å². The number of carbonyl (C=O) groups excluding carboxylic acids is 1. The Kier molecular flexibility index (Phi) is 3.55. The first-order valence-corrected chi connectivity index (χ1v) is 5.83. The first-order valence-electron chi connectivity index (χ1n) is 5.83. The first kappa shape index (κ1) is 12.5. The van der Waals surface area contributed by atoms with Gasteiger partial charge in [0.25, 0.3) is 0 Å². The Morgan fingerprint density at radius 3 is 2.83 bits per heavy atom. The monoisotopic (exact) mass is 246 g/mol. The van der Waals surface area contributed by atoms with Crippen LogP contribution in [0.25, 0.3) is 0 Å². The molecule has 0 aliphatic heterocycles. The zero-order chi connectivity index (χ0) is 13.1. The Hall–Kier alpha value is -1.97. The smallest absolute Gasteiger partial charge is 0.163 e. The van der Waals surface area contributed by atoms with Crippen molar-refractivity contribution in [2.75, 3.05) is 0 Å². The number of imidazole rings is 1. The van der Waals surface area contributed by atoms with Crippen molar-refractivity contribution in [3.05, 3.63) is 53.4 Å². The topological polar surface area (TPSA) is 34.9 Å². The summed E-state index contributed by atoms with van der Waals surface area (Å²) in [6, 6.07) is 4.46. The Morgan fingerprint density at radius 2 is 2.22 bits per heavy atom. The molecule has 1 heterocycles. The number of nitrogens with zero attached hydrogens (tertiary/aromatic N) is 2. The van der Waals surface area contributed by atoms with E-state index in [0.717, 1.165) is 5.82 Å². The Balaban J connectivity index is 2.04. The number of hydrogen-bond acceptors (Lipinski definition) is 2. The lowest BCUT2D eigenvalue weighted by molar-refractivity contribution is 0.0982. The molecule has 0 N–H and O–H groups in total. The minimum atomic E-state index is -0.282. The van der Waals surface area contributed by atoms with E-state index in [4.69, 9.17) is 0 Å². The number of ketones is 1. The van der Waals surface area contributed by atoms with Gasteiger partial charge in [0.05, 0.1) is 0 Å². The third kappa shape index (κ3) is 2.64. The van der Waals surface area contributed by atoms with Gasteiger partial charge in [-0.1, -0.05) is 0 Å². The number of halogens is 1. The second-order valence-corrected chi connectivity index (χ2v) is 4.34. The van der Waals surface area contributed by atoms with Gasteiger partial charge < -0.3 is 4.57 Å². The molecule has 0 amide bonds. The van der Waals surface area contributed by atoms with Gasteiger partial charge in [0.15, 0.2) is 5.78 Å². The highest BCUT2D eigenvalue weighted by Crippen LogP contribution is 2.12. The Morgan fingerprint density at radius 1 is 1.44 bits per heavy atom. The Labute approximate surface area is 105 Å². The molecule has 0 fully saturated rings. The minimum Gasteiger partial charge on any atom is -0.338 e. The van der Waals surface area contributed by atoms with Gasteiger partial charge in [0, 0.05) is 37.8 Å². The summed E-state index contributed by atoms with van der Waals surface area (Å²) >= 11 is 0. The van der Waals surface area contributed by atoms with Gasteiger partial charge >= 0.3 is 0 Å². The van der Waals surface area contributed by atoms with Crippen LogP contribution in [-0.4, -0.2) is 15.3 Å². The van der Waals surface area contributed by atoms with Crippen LogP contribution in [0.15, 0.2) is 30.6 Å².